The number of carbonyl (C=O) groups excluding carboxylic acids is 1. The number of sulfone groups is 1. The van der Waals surface area contributed by atoms with Gasteiger partial charge in [-0.2, -0.15) is 0 Å². The lowest BCUT2D eigenvalue weighted by atomic mass is 10.1. The van der Waals surface area contributed by atoms with E-state index in [-0.39, 0.29) is 36.1 Å². The van der Waals surface area contributed by atoms with Crippen LogP contribution in [0.3, 0.4) is 0 Å². The van der Waals surface area contributed by atoms with Crippen molar-refractivity contribution < 1.29 is 17.9 Å². The normalized spacial score (nSPS) is 24.7. The molecule has 1 saturated carbocycles. The highest BCUT2D eigenvalue weighted by molar-refractivity contribution is 7.91. The van der Waals surface area contributed by atoms with Gasteiger partial charge in [-0.25, -0.2) is 8.42 Å². The number of benzene rings is 1. The number of rotatable bonds is 3. The fourth-order valence-corrected chi connectivity index (χ4v) is 5.31. The van der Waals surface area contributed by atoms with Crippen LogP contribution < -0.4 is 4.74 Å². The van der Waals surface area contributed by atoms with Gasteiger partial charge in [0.05, 0.1) is 17.1 Å². The number of halogens is 1. The van der Waals surface area contributed by atoms with Crippen LogP contribution in [0, 0.1) is 0 Å². The van der Waals surface area contributed by atoms with Crippen molar-refractivity contribution in [1.82, 2.24) is 4.90 Å². The summed E-state index contributed by atoms with van der Waals surface area (Å²) in [6.07, 6.45) is 4.23. The number of hydrogen-bond acceptors (Lipinski definition) is 4. The molecule has 2 heterocycles. The maximum atomic E-state index is 13.0. The van der Waals surface area contributed by atoms with Gasteiger partial charge in [0.2, 0.25) is 0 Å². The fourth-order valence-electron chi connectivity index (χ4n) is 3.41. The molecule has 0 bridgehead atoms. The molecule has 1 aliphatic carbocycles. The molecule has 4 rings (SSSR count). The van der Waals surface area contributed by atoms with E-state index < -0.39 is 9.84 Å². The van der Waals surface area contributed by atoms with E-state index in [0.29, 0.717) is 22.8 Å². The summed E-state index contributed by atoms with van der Waals surface area (Å²) in [5, 5.41) is 0.586. The Morgan fingerprint density at radius 3 is 2.67 bits per heavy atom. The molecule has 7 heteroatoms. The smallest absolute Gasteiger partial charge is 0.253 e. The van der Waals surface area contributed by atoms with Gasteiger partial charge in [-0.3, -0.25) is 4.79 Å². The van der Waals surface area contributed by atoms with Crippen LogP contribution in [0.4, 0.5) is 0 Å². The van der Waals surface area contributed by atoms with Crippen LogP contribution in [0.5, 0.6) is 5.75 Å². The van der Waals surface area contributed by atoms with E-state index in [1.807, 2.05) is 6.08 Å². The minimum atomic E-state index is -3.03. The van der Waals surface area contributed by atoms with Crippen molar-refractivity contribution in [2.24, 2.45) is 0 Å². The molecule has 2 fully saturated rings. The van der Waals surface area contributed by atoms with Crippen molar-refractivity contribution in [2.45, 2.75) is 31.3 Å². The summed E-state index contributed by atoms with van der Waals surface area (Å²) in [4.78, 5) is 14.8. The molecule has 0 radical (unpaired) electrons. The molecule has 1 atom stereocenters. The molecule has 1 aromatic rings. The first-order valence-corrected chi connectivity index (χ1v) is 10.3. The second kappa shape index (κ2) is 5.77. The first kappa shape index (κ1) is 16.0. The van der Waals surface area contributed by atoms with Crippen molar-refractivity contribution in [1.29, 1.82) is 0 Å². The van der Waals surface area contributed by atoms with Crippen molar-refractivity contribution in [3.05, 3.63) is 34.4 Å². The molecule has 1 unspecified atom stereocenters. The predicted molar refractivity (Wildman–Crippen MR) is 91.9 cm³/mol. The largest absolute Gasteiger partial charge is 0.488 e. The Balaban J connectivity index is 1.62. The number of amides is 1. The maximum Gasteiger partial charge on any atom is 0.253 e. The molecule has 0 aromatic heterocycles. The number of carbonyl (C=O) groups is 1. The summed E-state index contributed by atoms with van der Waals surface area (Å²) in [5.41, 5.74) is 1.34. The van der Waals surface area contributed by atoms with Crippen molar-refractivity contribution in [2.75, 3.05) is 18.1 Å². The molecule has 0 N–H and O–H groups in total. The number of hydrogen-bond donors (Lipinski definition) is 0. The summed E-state index contributed by atoms with van der Waals surface area (Å²) in [6, 6.07) is 5.26. The lowest BCUT2D eigenvalue weighted by Gasteiger charge is -2.30. The van der Waals surface area contributed by atoms with E-state index in [2.05, 4.69) is 0 Å². The van der Waals surface area contributed by atoms with Crippen LogP contribution in [0.2, 0.25) is 5.02 Å². The first-order valence-electron chi connectivity index (χ1n) is 8.09. The summed E-state index contributed by atoms with van der Waals surface area (Å²) in [7, 11) is -3.03. The van der Waals surface area contributed by atoms with E-state index in [4.69, 9.17) is 16.3 Å². The van der Waals surface area contributed by atoms with Gasteiger partial charge >= 0.3 is 0 Å². The van der Waals surface area contributed by atoms with E-state index >= 15 is 0 Å². The SMILES string of the molecule is O=C(C1=Cc2cc(Cl)ccc2OC1)N(C1CC1)C1CCS(=O)(=O)C1. The maximum absolute atomic E-state index is 13.0. The molecule has 1 aromatic carbocycles. The van der Waals surface area contributed by atoms with Gasteiger partial charge in [0, 0.05) is 22.7 Å². The van der Waals surface area contributed by atoms with Gasteiger partial charge in [0.25, 0.3) is 5.91 Å². The second-order valence-electron chi connectivity index (χ2n) is 6.64. The second-order valence-corrected chi connectivity index (χ2v) is 9.31. The van der Waals surface area contributed by atoms with E-state index in [9.17, 15) is 13.2 Å². The third-order valence-electron chi connectivity index (χ3n) is 4.74. The third kappa shape index (κ3) is 3.05. The van der Waals surface area contributed by atoms with Crippen LogP contribution >= 0.6 is 11.6 Å². The van der Waals surface area contributed by atoms with Crippen molar-refractivity contribution >= 4 is 33.4 Å². The minimum Gasteiger partial charge on any atom is -0.488 e. The molecule has 0 spiro atoms. The van der Waals surface area contributed by atoms with Crippen LogP contribution in [0.1, 0.15) is 24.8 Å². The fraction of sp³-hybridized carbons (Fsp3) is 0.471. The summed E-state index contributed by atoms with van der Waals surface area (Å²) in [6.45, 7) is 0.205. The predicted octanol–water partition coefficient (Wildman–Crippen LogP) is 2.29. The highest BCUT2D eigenvalue weighted by atomic mass is 35.5. The number of nitrogens with zero attached hydrogens (tertiary/aromatic N) is 1. The standard InChI is InChI=1S/C17H18ClNO4S/c18-13-1-4-16-11(8-13)7-12(9-23-16)17(20)19(14-2-3-14)15-5-6-24(21,22)10-15/h1,4,7-8,14-15H,2-3,5-6,9-10H2. The van der Waals surface area contributed by atoms with Gasteiger partial charge in [-0.05, 0) is 43.5 Å². The highest BCUT2D eigenvalue weighted by Crippen LogP contribution is 2.35. The number of ether oxygens (including phenoxy) is 1. The third-order valence-corrected chi connectivity index (χ3v) is 6.72. The van der Waals surface area contributed by atoms with Crippen LogP contribution in [0.25, 0.3) is 6.08 Å². The zero-order valence-electron chi connectivity index (χ0n) is 13.1. The molecule has 3 aliphatic rings. The zero-order valence-corrected chi connectivity index (χ0v) is 14.6. The highest BCUT2D eigenvalue weighted by Gasteiger charge is 2.43. The molecule has 1 saturated heterocycles. The van der Waals surface area contributed by atoms with E-state index in [1.165, 1.54) is 0 Å². The average molecular weight is 368 g/mol. The molecular formula is C17H18ClNO4S. The number of fused-ring (bicyclic) bond motifs is 1. The average Bonchev–Trinajstić information content (AvgIpc) is 3.30. The summed E-state index contributed by atoms with van der Waals surface area (Å²) >= 11 is 6.02. The first-order chi connectivity index (χ1) is 11.4. The van der Waals surface area contributed by atoms with Crippen LogP contribution in [-0.4, -0.2) is 49.4 Å². The van der Waals surface area contributed by atoms with Gasteiger partial charge < -0.3 is 9.64 Å². The Kier molecular flexibility index (Phi) is 3.84. The quantitative estimate of drug-likeness (QED) is 0.822. The molecule has 128 valence electrons. The molecule has 5 nitrogen and oxygen atoms in total. The molecule has 2 aliphatic heterocycles. The Hall–Kier alpha value is -1.53. The lowest BCUT2D eigenvalue weighted by Crippen LogP contribution is -2.44. The van der Waals surface area contributed by atoms with Gasteiger partial charge in [-0.15, -0.1) is 0 Å². The van der Waals surface area contributed by atoms with Crippen LogP contribution in [0.15, 0.2) is 23.8 Å². The molecule has 24 heavy (non-hydrogen) atoms. The van der Waals surface area contributed by atoms with Gasteiger partial charge in [-0.1, -0.05) is 11.6 Å². The van der Waals surface area contributed by atoms with Gasteiger partial charge in [0.1, 0.15) is 12.4 Å². The lowest BCUT2D eigenvalue weighted by molar-refractivity contribution is -0.129. The summed E-state index contributed by atoms with van der Waals surface area (Å²) in [5.74, 6) is 0.844. The molecular weight excluding hydrogens is 350 g/mol. The minimum absolute atomic E-state index is 0.0752. The topological polar surface area (TPSA) is 63.7 Å². The monoisotopic (exact) mass is 367 g/mol. The Morgan fingerprint density at radius 2 is 2.00 bits per heavy atom. The Bertz CT molecular complexity index is 829. The van der Waals surface area contributed by atoms with Crippen molar-refractivity contribution in [3.8, 4) is 5.75 Å². The molecule has 1 amide bonds. The Labute approximate surface area is 146 Å². The van der Waals surface area contributed by atoms with E-state index in [1.54, 1.807) is 23.1 Å². The van der Waals surface area contributed by atoms with E-state index in [0.717, 1.165) is 18.4 Å². The van der Waals surface area contributed by atoms with Gasteiger partial charge in [0.15, 0.2) is 9.84 Å². The Morgan fingerprint density at radius 1 is 1.21 bits per heavy atom. The van der Waals surface area contributed by atoms with Crippen molar-refractivity contribution in [3.63, 3.8) is 0 Å². The zero-order chi connectivity index (χ0) is 16.9. The summed E-state index contributed by atoms with van der Waals surface area (Å²) < 4.78 is 29.3. The van der Waals surface area contributed by atoms with Crippen LogP contribution in [-0.2, 0) is 14.6 Å².